The molecule has 38 heavy (non-hydrogen) atoms. The van der Waals surface area contributed by atoms with Gasteiger partial charge in [0.05, 0.1) is 7.11 Å². The maximum atomic E-state index is 12.8. The summed E-state index contributed by atoms with van der Waals surface area (Å²) >= 11 is 0. The molecule has 6 nitrogen and oxygen atoms in total. The van der Waals surface area contributed by atoms with Crippen molar-refractivity contribution < 1.29 is 28.5 Å². The van der Waals surface area contributed by atoms with Gasteiger partial charge in [0.2, 0.25) is 0 Å². The van der Waals surface area contributed by atoms with E-state index in [9.17, 15) is 4.79 Å². The largest absolute Gasteiger partial charge is 0.493 e. The van der Waals surface area contributed by atoms with E-state index in [1.807, 2.05) is 110 Å². The van der Waals surface area contributed by atoms with Gasteiger partial charge in [-0.1, -0.05) is 66.7 Å². The number of para-hydroxylation sites is 1. The molecule has 0 aliphatic heterocycles. The van der Waals surface area contributed by atoms with Crippen molar-refractivity contribution in [1.29, 1.82) is 0 Å². The second-order valence-electron chi connectivity index (χ2n) is 8.57. The van der Waals surface area contributed by atoms with Gasteiger partial charge in [0, 0.05) is 13.0 Å². The second kappa shape index (κ2) is 13.9. The minimum atomic E-state index is -0.720. The lowest BCUT2D eigenvalue weighted by Crippen LogP contribution is -2.29. The lowest BCUT2D eigenvalue weighted by atomic mass is 10.1. The Morgan fingerprint density at radius 1 is 0.711 bits per heavy atom. The molecule has 0 amide bonds. The molecule has 0 aliphatic rings. The van der Waals surface area contributed by atoms with Gasteiger partial charge >= 0.3 is 5.97 Å². The van der Waals surface area contributed by atoms with Crippen LogP contribution in [0.15, 0.2) is 103 Å². The number of carbonyl (C=O) groups is 1. The van der Waals surface area contributed by atoms with E-state index < -0.39 is 12.1 Å². The zero-order chi connectivity index (χ0) is 26.6. The van der Waals surface area contributed by atoms with E-state index in [1.54, 1.807) is 7.11 Å². The van der Waals surface area contributed by atoms with Gasteiger partial charge in [-0.05, 0) is 60.0 Å². The Bertz CT molecular complexity index is 1270. The highest BCUT2D eigenvalue weighted by Crippen LogP contribution is 2.30. The highest BCUT2D eigenvalue weighted by molar-refractivity contribution is 5.75. The molecule has 196 valence electrons. The van der Waals surface area contributed by atoms with Gasteiger partial charge in [0.15, 0.2) is 17.6 Å². The highest BCUT2D eigenvalue weighted by atomic mass is 16.6. The van der Waals surface area contributed by atoms with Crippen LogP contribution in [-0.4, -0.2) is 25.8 Å². The summed E-state index contributed by atoms with van der Waals surface area (Å²) in [5.74, 6) is 2.33. The highest BCUT2D eigenvalue weighted by Gasteiger charge is 2.22. The second-order valence-corrected chi connectivity index (χ2v) is 8.57. The van der Waals surface area contributed by atoms with E-state index in [2.05, 4.69) is 0 Å². The molecule has 1 unspecified atom stereocenters. The summed E-state index contributed by atoms with van der Waals surface area (Å²) in [6.07, 6.45) is -0.366. The van der Waals surface area contributed by atoms with Crippen LogP contribution < -0.4 is 14.2 Å². The summed E-state index contributed by atoms with van der Waals surface area (Å²) in [5.41, 5.74) is 2.79. The molecular weight excluding hydrogens is 480 g/mol. The first-order valence-electron chi connectivity index (χ1n) is 12.6. The monoisotopic (exact) mass is 512 g/mol. The van der Waals surface area contributed by atoms with Crippen molar-refractivity contribution in [3.05, 3.63) is 120 Å². The summed E-state index contributed by atoms with van der Waals surface area (Å²) in [6, 6.07) is 32.6. The number of carbonyl (C=O) groups excluding carboxylic acids is 1. The smallest absolute Gasteiger partial charge is 0.335 e. The van der Waals surface area contributed by atoms with Crippen molar-refractivity contribution in [2.45, 2.75) is 32.7 Å². The number of benzene rings is 4. The number of methoxy groups -OCH3 is 1. The summed E-state index contributed by atoms with van der Waals surface area (Å²) < 4.78 is 28.7. The van der Waals surface area contributed by atoms with Crippen LogP contribution >= 0.6 is 0 Å². The Kier molecular flexibility index (Phi) is 9.76. The van der Waals surface area contributed by atoms with Gasteiger partial charge < -0.3 is 23.7 Å². The van der Waals surface area contributed by atoms with Crippen LogP contribution in [0.1, 0.15) is 23.6 Å². The quantitative estimate of drug-likeness (QED) is 0.185. The van der Waals surface area contributed by atoms with Crippen LogP contribution in [0.3, 0.4) is 0 Å². The molecule has 0 N–H and O–H groups in total. The van der Waals surface area contributed by atoms with Crippen molar-refractivity contribution in [1.82, 2.24) is 0 Å². The molecule has 0 aromatic heterocycles. The van der Waals surface area contributed by atoms with Crippen LogP contribution in [0, 0.1) is 0 Å². The molecule has 0 aliphatic carbocycles. The molecule has 0 radical (unpaired) electrons. The van der Waals surface area contributed by atoms with Crippen molar-refractivity contribution in [2.75, 3.05) is 13.7 Å². The molecule has 0 fully saturated rings. The van der Waals surface area contributed by atoms with Crippen LogP contribution in [-0.2, 0) is 33.9 Å². The molecule has 0 saturated heterocycles. The molecule has 4 aromatic carbocycles. The van der Waals surface area contributed by atoms with Crippen LogP contribution in [0.4, 0.5) is 0 Å². The van der Waals surface area contributed by atoms with Gasteiger partial charge in [0.25, 0.3) is 0 Å². The summed E-state index contributed by atoms with van der Waals surface area (Å²) in [4.78, 5) is 12.8. The predicted molar refractivity (Wildman–Crippen MR) is 146 cm³/mol. The topological polar surface area (TPSA) is 63.2 Å². The standard InChI is InChI=1S/C32H32O6/c1-3-35-31(32(33)37-23-24-10-6-4-7-11-24)21-26-16-19-29(34-2)30(20-26)36-22-25-14-17-28(18-15-25)38-27-12-8-5-9-13-27/h4-20,31H,3,21-23H2,1-2H3. The third-order valence-corrected chi connectivity index (χ3v) is 5.80. The van der Waals surface area contributed by atoms with Crippen molar-refractivity contribution in [2.24, 2.45) is 0 Å². The summed E-state index contributed by atoms with van der Waals surface area (Å²) in [6.45, 7) is 2.81. The van der Waals surface area contributed by atoms with Crippen molar-refractivity contribution >= 4 is 5.97 Å². The predicted octanol–water partition coefficient (Wildman–Crippen LogP) is 6.76. The first-order chi connectivity index (χ1) is 18.6. The molecule has 1 atom stereocenters. The average molecular weight is 513 g/mol. The number of esters is 1. The molecular formula is C32H32O6. The van der Waals surface area contributed by atoms with Crippen molar-refractivity contribution in [3.8, 4) is 23.0 Å². The molecule has 0 spiro atoms. The van der Waals surface area contributed by atoms with Crippen molar-refractivity contribution in [3.63, 3.8) is 0 Å². The van der Waals surface area contributed by atoms with Gasteiger partial charge in [-0.3, -0.25) is 0 Å². The molecule has 0 heterocycles. The lowest BCUT2D eigenvalue weighted by Gasteiger charge is -2.18. The van der Waals surface area contributed by atoms with Crippen LogP contribution in [0.5, 0.6) is 23.0 Å². The van der Waals surface area contributed by atoms with E-state index in [4.69, 9.17) is 23.7 Å². The number of rotatable bonds is 13. The Labute approximate surface area is 223 Å². The molecule has 6 heteroatoms. The van der Waals surface area contributed by atoms with Gasteiger partial charge in [0.1, 0.15) is 24.7 Å². The van der Waals surface area contributed by atoms with Gasteiger partial charge in [-0.25, -0.2) is 4.79 Å². The first kappa shape index (κ1) is 26.8. The fourth-order valence-corrected chi connectivity index (χ4v) is 3.85. The molecule has 0 bridgehead atoms. The van der Waals surface area contributed by atoms with E-state index in [-0.39, 0.29) is 6.61 Å². The Balaban J connectivity index is 1.37. The first-order valence-corrected chi connectivity index (χ1v) is 12.6. The third-order valence-electron chi connectivity index (χ3n) is 5.80. The van der Waals surface area contributed by atoms with Crippen LogP contribution in [0.2, 0.25) is 0 Å². The SMILES string of the molecule is CCOC(Cc1ccc(OC)c(OCc2ccc(Oc3ccccc3)cc2)c1)C(=O)OCc1ccccc1. The Morgan fingerprint density at radius 2 is 1.34 bits per heavy atom. The summed E-state index contributed by atoms with van der Waals surface area (Å²) in [7, 11) is 1.60. The van der Waals surface area contributed by atoms with E-state index in [1.165, 1.54) is 0 Å². The fourth-order valence-electron chi connectivity index (χ4n) is 3.85. The normalized spacial score (nSPS) is 11.4. The zero-order valence-corrected chi connectivity index (χ0v) is 21.7. The van der Waals surface area contributed by atoms with Gasteiger partial charge in [-0.2, -0.15) is 0 Å². The minimum absolute atomic E-state index is 0.204. The summed E-state index contributed by atoms with van der Waals surface area (Å²) in [5, 5.41) is 0. The van der Waals surface area contributed by atoms with E-state index >= 15 is 0 Å². The maximum Gasteiger partial charge on any atom is 0.335 e. The zero-order valence-electron chi connectivity index (χ0n) is 21.7. The Morgan fingerprint density at radius 3 is 2.03 bits per heavy atom. The van der Waals surface area contributed by atoms with E-state index in [0.29, 0.717) is 31.1 Å². The fraction of sp³-hybridized carbons (Fsp3) is 0.219. The van der Waals surface area contributed by atoms with Gasteiger partial charge in [-0.15, -0.1) is 0 Å². The molecule has 0 saturated carbocycles. The average Bonchev–Trinajstić information content (AvgIpc) is 2.96. The minimum Gasteiger partial charge on any atom is -0.493 e. The van der Waals surface area contributed by atoms with E-state index in [0.717, 1.165) is 28.2 Å². The maximum absolute atomic E-state index is 12.8. The number of ether oxygens (including phenoxy) is 5. The molecule has 4 aromatic rings. The third kappa shape index (κ3) is 7.85. The van der Waals surface area contributed by atoms with Crippen LogP contribution in [0.25, 0.3) is 0 Å². The Hall–Kier alpha value is -4.29. The molecule has 4 rings (SSSR count). The number of hydrogen-bond donors (Lipinski definition) is 0. The number of hydrogen-bond acceptors (Lipinski definition) is 6. The lowest BCUT2D eigenvalue weighted by molar-refractivity contribution is -0.158.